The zero-order valence-electron chi connectivity index (χ0n) is 11.0. The van der Waals surface area contributed by atoms with E-state index in [-0.39, 0.29) is 11.4 Å². The molecule has 0 amide bonds. The predicted molar refractivity (Wildman–Crippen MR) is 71.3 cm³/mol. The molecule has 0 fully saturated rings. The third kappa shape index (κ3) is 3.54. The van der Waals surface area contributed by atoms with E-state index in [1.54, 1.807) is 26.0 Å². The lowest BCUT2D eigenvalue weighted by Crippen LogP contribution is -2.20. The Morgan fingerprint density at radius 2 is 1.88 bits per heavy atom. The van der Waals surface area contributed by atoms with Crippen LogP contribution in [-0.4, -0.2) is 30.7 Å². The summed E-state index contributed by atoms with van der Waals surface area (Å²) in [5.74, 6) is 1.57. The lowest BCUT2D eigenvalue weighted by atomic mass is 10.2. The number of aryl methyl sites for hydroxylation is 1. The van der Waals surface area contributed by atoms with Crippen LogP contribution in [0.3, 0.4) is 0 Å². The van der Waals surface area contributed by atoms with Crippen molar-refractivity contribution < 1.29 is 14.6 Å². The Bertz CT molecular complexity index is 388. The quantitative estimate of drug-likeness (QED) is 0.822. The van der Waals surface area contributed by atoms with Crippen LogP contribution in [0.15, 0.2) is 17.0 Å². The maximum atomic E-state index is 9.32. The van der Waals surface area contributed by atoms with Crippen molar-refractivity contribution in [1.29, 1.82) is 0 Å². The van der Waals surface area contributed by atoms with Gasteiger partial charge in [0, 0.05) is 10.8 Å². The Morgan fingerprint density at radius 1 is 1.24 bits per heavy atom. The van der Waals surface area contributed by atoms with E-state index in [2.05, 4.69) is 0 Å². The van der Waals surface area contributed by atoms with Crippen molar-refractivity contribution in [1.82, 2.24) is 0 Å². The van der Waals surface area contributed by atoms with Crippen LogP contribution in [0.1, 0.15) is 19.4 Å². The number of thioether (sulfide) groups is 1. The van der Waals surface area contributed by atoms with Gasteiger partial charge < -0.3 is 14.6 Å². The molecule has 0 aliphatic carbocycles. The fourth-order valence-electron chi connectivity index (χ4n) is 1.42. The van der Waals surface area contributed by atoms with E-state index in [1.165, 1.54) is 0 Å². The van der Waals surface area contributed by atoms with E-state index >= 15 is 0 Å². The van der Waals surface area contributed by atoms with E-state index in [0.717, 1.165) is 22.0 Å². The van der Waals surface area contributed by atoms with Gasteiger partial charge in [-0.2, -0.15) is 0 Å². The lowest BCUT2D eigenvalue weighted by Gasteiger charge is -2.23. The van der Waals surface area contributed by atoms with Crippen molar-refractivity contribution in [2.24, 2.45) is 0 Å². The molecular formula is C13H20O3S. The number of hydrogen-bond acceptors (Lipinski definition) is 4. The summed E-state index contributed by atoms with van der Waals surface area (Å²) in [5, 5.41) is 9.32. The second kappa shape index (κ2) is 5.65. The molecule has 1 aromatic rings. The van der Waals surface area contributed by atoms with Gasteiger partial charge in [-0.25, -0.2) is 0 Å². The molecule has 1 rings (SSSR count). The van der Waals surface area contributed by atoms with Gasteiger partial charge in [0.2, 0.25) is 0 Å². The minimum Gasteiger partial charge on any atom is -0.497 e. The van der Waals surface area contributed by atoms with E-state index in [1.807, 2.05) is 32.9 Å². The number of benzene rings is 1. The lowest BCUT2D eigenvalue weighted by molar-refractivity contribution is 0.265. The van der Waals surface area contributed by atoms with Gasteiger partial charge in [-0.1, -0.05) is 0 Å². The molecule has 0 heterocycles. The van der Waals surface area contributed by atoms with E-state index in [0.29, 0.717) is 0 Å². The van der Waals surface area contributed by atoms with Crippen molar-refractivity contribution in [3.63, 3.8) is 0 Å². The van der Waals surface area contributed by atoms with Crippen LogP contribution in [0.2, 0.25) is 0 Å². The monoisotopic (exact) mass is 256 g/mol. The third-order valence-electron chi connectivity index (χ3n) is 2.43. The van der Waals surface area contributed by atoms with Crippen molar-refractivity contribution in [2.45, 2.75) is 30.4 Å². The van der Waals surface area contributed by atoms with Gasteiger partial charge in [0.1, 0.15) is 11.5 Å². The molecule has 1 N–H and O–H groups in total. The summed E-state index contributed by atoms with van der Waals surface area (Å²) in [4.78, 5) is 1.05. The van der Waals surface area contributed by atoms with Crippen LogP contribution in [-0.2, 0) is 0 Å². The second-order valence-corrected chi connectivity index (χ2v) is 6.21. The average molecular weight is 256 g/mol. The van der Waals surface area contributed by atoms with Crippen molar-refractivity contribution in [2.75, 3.05) is 20.8 Å². The molecule has 4 heteroatoms. The molecule has 0 aliphatic rings. The summed E-state index contributed by atoms with van der Waals surface area (Å²) in [6.45, 7) is 6.13. The highest BCUT2D eigenvalue weighted by Crippen LogP contribution is 2.42. The minimum absolute atomic E-state index is 0.117. The average Bonchev–Trinajstić information content (AvgIpc) is 2.31. The van der Waals surface area contributed by atoms with Crippen LogP contribution < -0.4 is 9.47 Å². The van der Waals surface area contributed by atoms with Crippen LogP contribution in [0, 0.1) is 6.92 Å². The summed E-state index contributed by atoms with van der Waals surface area (Å²) < 4.78 is 10.4. The highest BCUT2D eigenvalue weighted by molar-refractivity contribution is 8.00. The topological polar surface area (TPSA) is 38.7 Å². The van der Waals surface area contributed by atoms with E-state index < -0.39 is 0 Å². The summed E-state index contributed by atoms with van der Waals surface area (Å²) in [6, 6.07) is 3.83. The van der Waals surface area contributed by atoms with Gasteiger partial charge >= 0.3 is 0 Å². The first-order chi connectivity index (χ1) is 7.93. The predicted octanol–water partition coefficient (Wildman–Crippen LogP) is 2.88. The van der Waals surface area contributed by atoms with Gasteiger partial charge in [0.15, 0.2) is 0 Å². The number of hydrogen-bond donors (Lipinski definition) is 1. The Balaban J connectivity index is 3.14. The fourth-order valence-corrected chi connectivity index (χ4v) is 2.50. The standard InChI is InChI=1S/C13H20O3S/c1-9-6-10(15-4)7-11(16-5)12(9)17-13(2,3)8-14/h6-7,14H,8H2,1-5H3. The fraction of sp³-hybridized carbons (Fsp3) is 0.538. The molecule has 0 unspecified atom stereocenters. The van der Waals surface area contributed by atoms with Crippen molar-refractivity contribution in [3.8, 4) is 11.5 Å². The number of methoxy groups -OCH3 is 2. The maximum absolute atomic E-state index is 9.32. The molecule has 17 heavy (non-hydrogen) atoms. The number of ether oxygens (including phenoxy) is 2. The molecule has 0 saturated carbocycles. The number of rotatable bonds is 5. The minimum atomic E-state index is -0.230. The van der Waals surface area contributed by atoms with Gasteiger partial charge in [-0.15, -0.1) is 11.8 Å². The van der Waals surface area contributed by atoms with Crippen LogP contribution in [0.5, 0.6) is 11.5 Å². The molecule has 0 radical (unpaired) electrons. The summed E-state index contributed by atoms with van der Waals surface area (Å²) in [5.41, 5.74) is 1.09. The first-order valence-corrected chi connectivity index (χ1v) is 6.27. The summed E-state index contributed by atoms with van der Waals surface area (Å²) in [6.07, 6.45) is 0. The normalized spacial score (nSPS) is 11.4. The molecule has 0 bridgehead atoms. The first-order valence-electron chi connectivity index (χ1n) is 5.46. The third-order valence-corrected chi connectivity index (χ3v) is 3.84. The Morgan fingerprint density at radius 3 is 2.35 bits per heavy atom. The molecule has 0 atom stereocenters. The maximum Gasteiger partial charge on any atom is 0.136 e. The molecular weight excluding hydrogens is 236 g/mol. The van der Waals surface area contributed by atoms with Crippen LogP contribution in [0.4, 0.5) is 0 Å². The number of aliphatic hydroxyl groups is 1. The molecule has 0 aromatic heterocycles. The zero-order chi connectivity index (χ0) is 13.1. The van der Waals surface area contributed by atoms with Gasteiger partial charge in [-0.05, 0) is 32.4 Å². The molecule has 3 nitrogen and oxygen atoms in total. The molecule has 96 valence electrons. The van der Waals surface area contributed by atoms with Crippen LogP contribution >= 0.6 is 11.8 Å². The molecule has 0 spiro atoms. The van der Waals surface area contributed by atoms with Crippen molar-refractivity contribution in [3.05, 3.63) is 17.7 Å². The number of aliphatic hydroxyl groups excluding tert-OH is 1. The van der Waals surface area contributed by atoms with Gasteiger partial charge in [-0.3, -0.25) is 0 Å². The Kier molecular flexibility index (Phi) is 4.71. The molecule has 0 aliphatic heterocycles. The van der Waals surface area contributed by atoms with Gasteiger partial charge in [0.05, 0.1) is 25.7 Å². The second-order valence-electron chi connectivity index (χ2n) is 4.50. The van der Waals surface area contributed by atoms with E-state index in [4.69, 9.17) is 9.47 Å². The Hall–Kier alpha value is -0.870. The first kappa shape index (κ1) is 14.2. The molecule has 1 aromatic carbocycles. The SMILES string of the molecule is COc1cc(C)c(SC(C)(C)CO)c(OC)c1. The van der Waals surface area contributed by atoms with Gasteiger partial charge in [0.25, 0.3) is 0 Å². The zero-order valence-corrected chi connectivity index (χ0v) is 11.9. The summed E-state index contributed by atoms with van der Waals surface area (Å²) >= 11 is 1.61. The van der Waals surface area contributed by atoms with Crippen LogP contribution in [0.25, 0.3) is 0 Å². The highest BCUT2D eigenvalue weighted by atomic mass is 32.2. The van der Waals surface area contributed by atoms with Crippen molar-refractivity contribution >= 4 is 11.8 Å². The highest BCUT2D eigenvalue weighted by Gasteiger charge is 2.22. The molecule has 0 saturated heterocycles. The largest absolute Gasteiger partial charge is 0.497 e. The summed E-state index contributed by atoms with van der Waals surface area (Å²) in [7, 11) is 3.28. The Labute approximate surface area is 107 Å². The smallest absolute Gasteiger partial charge is 0.136 e. The van der Waals surface area contributed by atoms with E-state index in [9.17, 15) is 5.11 Å².